The normalized spacial score (nSPS) is 20.3. The average Bonchev–Trinajstić information content (AvgIpc) is 2.68. The van der Waals surface area contributed by atoms with E-state index in [0.717, 1.165) is 19.5 Å². The van der Waals surface area contributed by atoms with Crippen molar-refractivity contribution >= 4 is 23.4 Å². The molecule has 0 aromatic heterocycles. The molecule has 1 N–H and O–H groups in total. The van der Waals surface area contributed by atoms with Crippen molar-refractivity contribution in [1.82, 2.24) is 5.32 Å². The minimum Gasteiger partial charge on any atom is -0.314 e. The Kier molecular flexibility index (Phi) is 5.22. The molecule has 0 bridgehead atoms. The topological polar surface area (TPSA) is 12.0 Å². The lowest BCUT2D eigenvalue weighted by molar-refractivity contribution is 0.365. The molecule has 0 radical (unpaired) electrons. The summed E-state index contributed by atoms with van der Waals surface area (Å²) in [4.78, 5) is 1.45. The van der Waals surface area contributed by atoms with Crippen LogP contribution in [0.15, 0.2) is 29.2 Å². The van der Waals surface area contributed by atoms with Crippen LogP contribution in [-0.2, 0) is 6.42 Å². The van der Waals surface area contributed by atoms with Crippen molar-refractivity contribution in [3.05, 3.63) is 29.8 Å². The lowest BCUT2D eigenvalue weighted by Gasteiger charge is -2.22. The summed E-state index contributed by atoms with van der Waals surface area (Å²) >= 11 is 8.37. The standard InChI is InChI=1S/C16H24ClNS/c1-16(2,3)9-13(17)10-18-11-14-8-12-6-4-5-7-15(12)19-14/h4-7,13-14,18H,8-11H2,1-3H3. The molecule has 0 amide bonds. The van der Waals surface area contributed by atoms with Gasteiger partial charge in [-0.3, -0.25) is 0 Å². The minimum atomic E-state index is 0.230. The summed E-state index contributed by atoms with van der Waals surface area (Å²) in [5.41, 5.74) is 1.81. The van der Waals surface area contributed by atoms with Gasteiger partial charge in [0.15, 0.2) is 0 Å². The Labute approximate surface area is 126 Å². The Morgan fingerprint density at radius 3 is 2.79 bits per heavy atom. The fourth-order valence-corrected chi connectivity index (χ4v) is 4.36. The summed E-state index contributed by atoms with van der Waals surface area (Å²) in [5.74, 6) is 0. The van der Waals surface area contributed by atoms with E-state index in [1.807, 2.05) is 11.8 Å². The summed E-state index contributed by atoms with van der Waals surface area (Å²) in [5, 5.41) is 4.42. The Balaban J connectivity index is 1.68. The molecular weight excluding hydrogens is 274 g/mol. The summed E-state index contributed by atoms with van der Waals surface area (Å²) in [7, 11) is 0. The van der Waals surface area contributed by atoms with Gasteiger partial charge in [-0.15, -0.1) is 23.4 Å². The number of rotatable bonds is 5. The predicted octanol–water partition coefficient (Wildman–Crippen LogP) is 4.34. The molecule has 0 fully saturated rings. The first kappa shape index (κ1) is 15.2. The van der Waals surface area contributed by atoms with Gasteiger partial charge in [0.25, 0.3) is 0 Å². The van der Waals surface area contributed by atoms with Crippen LogP contribution >= 0.6 is 23.4 Å². The van der Waals surface area contributed by atoms with Crippen LogP contribution in [0, 0.1) is 5.41 Å². The van der Waals surface area contributed by atoms with Crippen LogP contribution in [0.4, 0.5) is 0 Å². The SMILES string of the molecule is CC(C)(C)CC(Cl)CNCC1Cc2ccccc2S1. The molecule has 1 aromatic rings. The number of nitrogens with one attached hydrogen (secondary N) is 1. The van der Waals surface area contributed by atoms with E-state index in [0.29, 0.717) is 10.7 Å². The van der Waals surface area contributed by atoms with Gasteiger partial charge in [0, 0.05) is 28.6 Å². The Bertz CT molecular complexity index is 388. The zero-order chi connectivity index (χ0) is 13.9. The van der Waals surface area contributed by atoms with Crippen LogP contribution in [-0.4, -0.2) is 23.7 Å². The van der Waals surface area contributed by atoms with Gasteiger partial charge in [-0.2, -0.15) is 0 Å². The Morgan fingerprint density at radius 1 is 1.37 bits per heavy atom. The summed E-state index contributed by atoms with van der Waals surface area (Å²) in [6.45, 7) is 8.68. The van der Waals surface area contributed by atoms with E-state index in [1.165, 1.54) is 16.9 Å². The fraction of sp³-hybridized carbons (Fsp3) is 0.625. The van der Waals surface area contributed by atoms with Gasteiger partial charge in [-0.1, -0.05) is 39.0 Å². The molecule has 1 nitrogen and oxygen atoms in total. The molecule has 0 spiro atoms. The van der Waals surface area contributed by atoms with Crippen LogP contribution in [0.1, 0.15) is 32.8 Å². The molecule has 0 saturated heterocycles. The van der Waals surface area contributed by atoms with E-state index < -0.39 is 0 Å². The third-order valence-electron chi connectivity index (χ3n) is 3.29. The zero-order valence-electron chi connectivity index (χ0n) is 12.1. The van der Waals surface area contributed by atoms with Crippen LogP contribution < -0.4 is 5.32 Å². The molecule has 106 valence electrons. The first-order valence-corrected chi connectivity index (χ1v) is 8.35. The van der Waals surface area contributed by atoms with Crippen molar-refractivity contribution in [2.24, 2.45) is 5.41 Å². The molecular formula is C16H24ClNS. The van der Waals surface area contributed by atoms with Crippen LogP contribution in [0.5, 0.6) is 0 Å². The van der Waals surface area contributed by atoms with E-state index in [1.54, 1.807) is 0 Å². The summed E-state index contributed by atoms with van der Waals surface area (Å²) in [6.07, 6.45) is 2.24. The average molecular weight is 298 g/mol. The second-order valence-corrected chi connectivity index (χ2v) is 8.53. The molecule has 1 aliphatic rings. The monoisotopic (exact) mass is 297 g/mol. The lowest BCUT2D eigenvalue weighted by atomic mass is 9.90. The molecule has 2 unspecified atom stereocenters. The molecule has 2 rings (SSSR count). The fourth-order valence-electron chi connectivity index (χ4n) is 2.51. The van der Waals surface area contributed by atoms with E-state index in [2.05, 4.69) is 50.4 Å². The van der Waals surface area contributed by atoms with Gasteiger partial charge in [-0.25, -0.2) is 0 Å². The van der Waals surface area contributed by atoms with Gasteiger partial charge in [0.05, 0.1) is 0 Å². The second-order valence-electron chi connectivity index (χ2n) is 6.57. The maximum Gasteiger partial charge on any atom is 0.0465 e. The van der Waals surface area contributed by atoms with Gasteiger partial charge in [0.1, 0.15) is 0 Å². The van der Waals surface area contributed by atoms with E-state index in [9.17, 15) is 0 Å². The predicted molar refractivity (Wildman–Crippen MR) is 86.4 cm³/mol. The van der Waals surface area contributed by atoms with Crippen LogP contribution in [0.3, 0.4) is 0 Å². The molecule has 2 atom stereocenters. The zero-order valence-corrected chi connectivity index (χ0v) is 13.7. The van der Waals surface area contributed by atoms with E-state index in [-0.39, 0.29) is 5.38 Å². The summed E-state index contributed by atoms with van der Waals surface area (Å²) < 4.78 is 0. The number of halogens is 1. The third-order valence-corrected chi connectivity index (χ3v) is 4.91. The maximum absolute atomic E-state index is 6.37. The van der Waals surface area contributed by atoms with E-state index in [4.69, 9.17) is 11.6 Å². The minimum absolute atomic E-state index is 0.230. The number of fused-ring (bicyclic) bond motifs is 1. The highest BCUT2D eigenvalue weighted by Gasteiger charge is 2.22. The molecule has 3 heteroatoms. The van der Waals surface area contributed by atoms with Gasteiger partial charge < -0.3 is 5.32 Å². The number of hydrogen-bond acceptors (Lipinski definition) is 2. The quantitative estimate of drug-likeness (QED) is 0.812. The van der Waals surface area contributed by atoms with Gasteiger partial charge in [-0.05, 0) is 29.9 Å². The summed E-state index contributed by atoms with van der Waals surface area (Å²) in [6, 6.07) is 8.73. The van der Waals surface area contributed by atoms with Crippen LogP contribution in [0.2, 0.25) is 0 Å². The maximum atomic E-state index is 6.37. The molecule has 1 aromatic carbocycles. The van der Waals surface area contributed by atoms with Crippen LogP contribution in [0.25, 0.3) is 0 Å². The number of thioether (sulfide) groups is 1. The van der Waals surface area contributed by atoms with Gasteiger partial charge in [0.2, 0.25) is 0 Å². The molecule has 0 saturated carbocycles. The van der Waals surface area contributed by atoms with Gasteiger partial charge >= 0.3 is 0 Å². The van der Waals surface area contributed by atoms with Crippen molar-refractivity contribution < 1.29 is 0 Å². The molecule has 0 aliphatic carbocycles. The highest BCUT2D eigenvalue weighted by Crippen LogP contribution is 2.36. The largest absolute Gasteiger partial charge is 0.314 e. The molecule has 1 heterocycles. The highest BCUT2D eigenvalue weighted by molar-refractivity contribution is 8.00. The van der Waals surface area contributed by atoms with Crippen molar-refractivity contribution in [2.45, 2.75) is 49.1 Å². The first-order valence-electron chi connectivity index (χ1n) is 7.03. The molecule has 19 heavy (non-hydrogen) atoms. The number of benzene rings is 1. The Hall–Kier alpha value is -0.180. The van der Waals surface area contributed by atoms with Crippen molar-refractivity contribution in [3.63, 3.8) is 0 Å². The van der Waals surface area contributed by atoms with Crippen molar-refractivity contribution in [3.8, 4) is 0 Å². The van der Waals surface area contributed by atoms with Crippen molar-refractivity contribution in [2.75, 3.05) is 13.1 Å². The first-order chi connectivity index (χ1) is 8.94. The lowest BCUT2D eigenvalue weighted by Crippen LogP contribution is -2.31. The van der Waals surface area contributed by atoms with E-state index >= 15 is 0 Å². The number of hydrogen-bond donors (Lipinski definition) is 1. The second kappa shape index (κ2) is 6.51. The Morgan fingerprint density at radius 2 is 2.11 bits per heavy atom. The smallest absolute Gasteiger partial charge is 0.0465 e. The number of alkyl halides is 1. The third kappa shape index (κ3) is 5.02. The van der Waals surface area contributed by atoms with Crippen molar-refractivity contribution in [1.29, 1.82) is 0 Å². The molecule has 1 aliphatic heterocycles. The highest BCUT2D eigenvalue weighted by atomic mass is 35.5.